The molecule has 1 atom stereocenters. The van der Waals surface area contributed by atoms with Crippen molar-refractivity contribution in [2.45, 2.75) is 10.9 Å². The van der Waals surface area contributed by atoms with Gasteiger partial charge in [0.05, 0.1) is 4.90 Å². The molecule has 0 aliphatic carbocycles. The lowest BCUT2D eigenvalue weighted by Gasteiger charge is -2.10. The molecule has 0 heterocycles. The van der Waals surface area contributed by atoms with Gasteiger partial charge in [0.15, 0.2) is 0 Å². The van der Waals surface area contributed by atoms with E-state index in [1.807, 2.05) is 0 Å². The van der Waals surface area contributed by atoms with E-state index < -0.39 is 16.1 Å². The molecule has 0 radical (unpaired) electrons. The molecule has 0 aliphatic rings. The molecule has 1 aromatic rings. The van der Waals surface area contributed by atoms with Gasteiger partial charge >= 0.3 is 0 Å². The number of hydrogen-bond acceptors (Lipinski definition) is 3. The highest BCUT2D eigenvalue weighted by Gasteiger charge is 2.15. The van der Waals surface area contributed by atoms with E-state index in [0.29, 0.717) is 5.56 Å². The third-order valence-corrected chi connectivity index (χ3v) is 2.82. The van der Waals surface area contributed by atoms with E-state index in [-0.39, 0.29) is 4.90 Å². The fourth-order valence-corrected chi connectivity index (χ4v) is 1.94. The zero-order chi connectivity index (χ0) is 10.8. The van der Waals surface area contributed by atoms with Gasteiger partial charge in [-0.05, 0) is 11.6 Å². The first-order valence-electron chi connectivity index (χ1n) is 3.96. The Morgan fingerprint density at radius 1 is 1.36 bits per heavy atom. The minimum Gasteiger partial charge on any atom is -0.321 e. The third kappa shape index (κ3) is 2.20. The van der Waals surface area contributed by atoms with Gasteiger partial charge in [0.1, 0.15) is 0 Å². The number of primary sulfonamides is 1. The fraction of sp³-hybridized carbons (Fsp3) is 0.111. The van der Waals surface area contributed by atoms with Crippen LogP contribution in [-0.4, -0.2) is 8.42 Å². The Bertz CT molecular complexity index is 440. The maximum atomic E-state index is 11.2. The molecule has 1 unspecified atom stereocenters. The van der Waals surface area contributed by atoms with Crippen molar-refractivity contribution in [3.8, 4) is 0 Å². The van der Waals surface area contributed by atoms with Crippen molar-refractivity contribution in [1.29, 1.82) is 0 Å². The standard InChI is InChI=1S/C9H12N2O2S/c1-2-8(10)7-5-3-4-6-9(7)14(11,12)13/h2-6,8H,1,10H2,(H2,11,12,13). The van der Waals surface area contributed by atoms with E-state index in [1.54, 1.807) is 18.2 Å². The Hall–Kier alpha value is -1.17. The minimum atomic E-state index is -3.72. The van der Waals surface area contributed by atoms with Crippen LogP contribution in [0, 0.1) is 0 Å². The normalized spacial score (nSPS) is 13.6. The number of nitrogens with two attached hydrogens (primary N) is 2. The highest BCUT2D eigenvalue weighted by atomic mass is 32.2. The molecular weight excluding hydrogens is 200 g/mol. The van der Waals surface area contributed by atoms with Crippen molar-refractivity contribution >= 4 is 10.0 Å². The van der Waals surface area contributed by atoms with Gasteiger partial charge in [0.2, 0.25) is 10.0 Å². The van der Waals surface area contributed by atoms with Crippen molar-refractivity contribution in [3.05, 3.63) is 42.5 Å². The number of rotatable bonds is 3. The predicted octanol–water partition coefficient (Wildman–Crippen LogP) is 0.520. The van der Waals surface area contributed by atoms with Crippen LogP contribution in [-0.2, 0) is 10.0 Å². The minimum absolute atomic E-state index is 0.0485. The molecule has 76 valence electrons. The molecule has 0 fully saturated rings. The fourth-order valence-electron chi connectivity index (χ4n) is 1.14. The van der Waals surface area contributed by atoms with E-state index in [9.17, 15) is 8.42 Å². The summed E-state index contributed by atoms with van der Waals surface area (Å²) >= 11 is 0. The molecule has 0 spiro atoms. The van der Waals surface area contributed by atoms with Gasteiger partial charge in [-0.15, -0.1) is 6.58 Å². The quantitative estimate of drug-likeness (QED) is 0.716. The molecule has 0 aliphatic heterocycles. The van der Waals surface area contributed by atoms with Crippen LogP contribution < -0.4 is 10.9 Å². The second-order valence-electron chi connectivity index (χ2n) is 2.84. The Morgan fingerprint density at radius 3 is 2.43 bits per heavy atom. The number of hydrogen-bond donors (Lipinski definition) is 2. The van der Waals surface area contributed by atoms with Gasteiger partial charge in [0.25, 0.3) is 0 Å². The van der Waals surface area contributed by atoms with E-state index in [1.165, 1.54) is 12.1 Å². The van der Waals surface area contributed by atoms with Gasteiger partial charge in [-0.25, -0.2) is 13.6 Å². The van der Waals surface area contributed by atoms with Crippen LogP contribution in [0.2, 0.25) is 0 Å². The molecule has 0 amide bonds. The van der Waals surface area contributed by atoms with Crippen molar-refractivity contribution in [3.63, 3.8) is 0 Å². The van der Waals surface area contributed by atoms with Crippen LogP contribution in [0.5, 0.6) is 0 Å². The average molecular weight is 212 g/mol. The third-order valence-electron chi connectivity index (χ3n) is 1.84. The van der Waals surface area contributed by atoms with Crippen molar-refractivity contribution in [1.82, 2.24) is 0 Å². The van der Waals surface area contributed by atoms with Crippen LogP contribution in [0.1, 0.15) is 11.6 Å². The zero-order valence-corrected chi connectivity index (χ0v) is 8.37. The van der Waals surface area contributed by atoms with Crippen molar-refractivity contribution < 1.29 is 8.42 Å². The topological polar surface area (TPSA) is 86.2 Å². The van der Waals surface area contributed by atoms with Gasteiger partial charge in [-0.2, -0.15) is 0 Å². The Morgan fingerprint density at radius 2 is 1.93 bits per heavy atom. The van der Waals surface area contributed by atoms with E-state index in [4.69, 9.17) is 10.9 Å². The maximum absolute atomic E-state index is 11.2. The Balaban J connectivity index is 3.37. The van der Waals surface area contributed by atoms with Gasteiger partial charge in [0, 0.05) is 6.04 Å². The summed E-state index contributed by atoms with van der Waals surface area (Å²) < 4.78 is 22.3. The molecular formula is C9H12N2O2S. The van der Waals surface area contributed by atoms with Crippen molar-refractivity contribution in [2.24, 2.45) is 10.9 Å². The number of benzene rings is 1. The monoisotopic (exact) mass is 212 g/mol. The molecule has 0 bridgehead atoms. The summed E-state index contributed by atoms with van der Waals surface area (Å²) in [4.78, 5) is 0.0485. The molecule has 0 saturated heterocycles. The molecule has 0 saturated carbocycles. The van der Waals surface area contributed by atoms with Gasteiger partial charge in [-0.1, -0.05) is 24.3 Å². The van der Waals surface area contributed by atoms with Crippen LogP contribution in [0.3, 0.4) is 0 Å². The van der Waals surface area contributed by atoms with Gasteiger partial charge < -0.3 is 5.73 Å². The first-order chi connectivity index (χ1) is 6.46. The summed E-state index contributed by atoms with van der Waals surface area (Å²) in [6, 6.07) is 5.82. The van der Waals surface area contributed by atoms with Crippen LogP contribution >= 0.6 is 0 Å². The van der Waals surface area contributed by atoms with E-state index in [2.05, 4.69) is 6.58 Å². The average Bonchev–Trinajstić information content (AvgIpc) is 2.15. The first-order valence-corrected chi connectivity index (χ1v) is 5.51. The van der Waals surface area contributed by atoms with E-state index in [0.717, 1.165) is 0 Å². The number of sulfonamides is 1. The van der Waals surface area contributed by atoms with Gasteiger partial charge in [-0.3, -0.25) is 0 Å². The Kier molecular flexibility index (Phi) is 3.05. The predicted molar refractivity (Wildman–Crippen MR) is 54.9 cm³/mol. The lowest BCUT2D eigenvalue weighted by molar-refractivity contribution is 0.596. The van der Waals surface area contributed by atoms with E-state index >= 15 is 0 Å². The maximum Gasteiger partial charge on any atom is 0.238 e. The smallest absolute Gasteiger partial charge is 0.238 e. The van der Waals surface area contributed by atoms with Crippen LogP contribution in [0.15, 0.2) is 41.8 Å². The van der Waals surface area contributed by atoms with Crippen LogP contribution in [0.4, 0.5) is 0 Å². The largest absolute Gasteiger partial charge is 0.321 e. The lowest BCUT2D eigenvalue weighted by atomic mass is 10.1. The molecule has 1 aromatic carbocycles. The second-order valence-corrected chi connectivity index (χ2v) is 4.37. The second kappa shape index (κ2) is 3.91. The molecule has 0 aromatic heterocycles. The molecule has 4 N–H and O–H groups in total. The Labute approximate surface area is 83.3 Å². The van der Waals surface area contributed by atoms with Crippen LogP contribution in [0.25, 0.3) is 0 Å². The summed E-state index contributed by atoms with van der Waals surface area (Å²) in [7, 11) is -3.72. The first kappa shape index (κ1) is 10.9. The summed E-state index contributed by atoms with van der Waals surface area (Å²) in [5.74, 6) is 0. The SMILES string of the molecule is C=CC(N)c1ccccc1S(N)(=O)=O. The lowest BCUT2D eigenvalue weighted by Crippen LogP contribution is -2.18. The summed E-state index contributed by atoms with van der Waals surface area (Å²) in [6.07, 6.45) is 1.46. The summed E-state index contributed by atoms with van der Waals surface area (Å²) in [5, 5.41) is 5.03. The van der Waals surface area contributed by atoms with Crippen molar-refractivity contribution in [2.75, 3.05) is 0 Å². The zero-order valence-electron chi connectivity index (χ0n) is 7.55. The summed E-state index contributed by atoms with van der Waals surface area (Å²) in [5.41, 5.74) is 6.12. The highest BCUT2D eigenvalue weighted by Crippen LogP contribution is 2.19. The summed E-state index contributed by atoms with van der Waals surface area (Å²) in [6.45, 7) is 3.50. The molecule has 1 rings (SSSR count). The molecule has 14 heavy (non-hydrogen) atoms. The molecule has 4 nitrogen and oxygen atoms in total. The molecule has 5 heteroatoms. The highest BCUT2D eigenvalue weighted by molar-refractivity contribution is 7.89.